The number of fused-ring (bicyclic) bond motifs is 1. The van der Waals surface area contributed by atoms with Gasteiger partial charge in [-0.15, -0.1) is 0 Å². The van der Waals surface area contributed by atoms with Crippen molar-refractivity contribution in [1.82, 2.24) is 0 Å². The summed E-state index contributed by atoms with van der Waals surface area (Å²) < 4.78 is 10.9. The molecular weight excluding hydrogens is 236 g/mol. The zero-order chi connectivity index (χ0) is 13.7. The zero-order valence-electron chi connectivity index (χ0n) is 11.6. The molecule has 0 amide bonds. The molecular formula is C17H20O2. The maximum Gasteiger partial charge on any atom is 0.119 e. The topological polar surface area (TPSA) is 18.5 Å². The highest BCUT2D eigenvalue weighted by molar-refractivity contribution is 5.86. The van der Waals surface area contributed by atoms with E-state index in [4.69, 9.17) is 9.47 Å². The van der Waals surface area contributed by atoms with Gasteiger partial charge in [-0.05, 0) is 35.4 Å². The summed E-state index contributed by atoms with van der Waals surface area (Å²) >= 11 is 0. The lowest BCUT2D eigenvalue weighted by Gasteiger charge is -2.10. The minimum absolute atomic E-state index is 0.732. The van der Waals surface area contributed by atoms with Crippen LogP contribution in [0.25, 0.3) is 16.5 Å². The van der Waals surface area contributed by atoms with Crippen LogP contribution in [-0.4, -0.2) is 13.7 Å². The van der Waals surface area contributed by atoms with Crippen molar-refractivity contribution in [3.05, 3.63) is 48.5 Å². The summed E-state index contributed by atoms with van der Waals surface area (Å²) in [5, 5.41) is 2.32. The van der Waals surface area contributed by atoms with E-state index in [0.29, 0.717) is 0 Å². The van der Waals surface area contributed by atoms with E-state index in [9.17, 15) is 0 Å². The van der Waals surface area contributed by atoms with Crippen LogP contribution in [0.15, 0.2) is 43.0 Å². The molecule has 2 aromatic carbocycles. The van der Waals surface area contributed by atoms with Gasteiger partial charge in [0.05, 0.1) is 13.7 Å². The Balaban J connectivity index is 2.19. The Labute approximate surface area is 114 Å². The average Bonchev–Trinajstić information content (AvgIpc) is 2.46. The molecule has 0 saturated heterocycles. The largest absolute Gasteiger partial charge is 0.497 e. The molecule has 0 unspecified atom stereocenters. The number of hydrogen-bond acceptors (Lipinski definition) is 2. The normalized spacial score (nSPS) is 10.4. The Hall–Kier alpha value is -1.96. The van der Waals surface area contributed by atoms with Crippen LogP contribution in [0.3, 0.4) is 0 Å². The first kappa shape index (κ1) is 13.5. The van der Waals surface area contributed by atoms with Gasteiger partial charge in [-0.25, -0.2) is 0 Å². The molecule has 19 heavy (non-hydrogen) atoms. The second-order valence-electron chi connectivity index (χ2n) is 4.55. The molecule has 0 aromatic heterocycles. The van der Waals surface area contributed by atoms with Gasteiger partial charge in [-0.3, -0.25) is 0 Å². The van der Waals surface area contributed by atoms with Crippen LogP contribution in [0.5, 0.6) is 5.75 Å². The Morgan fingerprint density at radius 2 is 1.84 bits per heavy atom. The molecule has 2 heteroatoms. The van der Waals surface area contributed by atoms with E-state index in [1.165, 1.54) is 5.39 Å². The lowest BCUT2D eigenvalue weighted by atomic mass is 10.1. The first-order chi connectivity index (χ1) is 9.24. The predicted molar refractivity (Wildman–Crippen MR) is 80.4 cm³/mol. The molecule has 0 saturated carbocycles. The van der Waals surface area contributed by atoms with Gasteiger partial charge >= 0.3 is 0 Å². The fourth-order valence-corrected chi connectivity index (χ4v) is 1.95. The first-order valence-electron chi connectivity index (χ1n) is 6.64. The van der Waals surface area contributed by atoms with Crippen LogP contribution in [-0.2, 0) is 4.74 Å². The fraction of sp³-hybridized carbons (Fsp3) is 0.294. The molecule has 2 aromatic rings. The molecule has 0 atom stereocenters. The number of ether oxygens (including phenoxy) is 2. The Morgan fingerprint density at radius 3 is 2.58 bits per heavy atom. The standard InChI is InChI=1S/C17H20O2/c1-4-5-10-19-13(2)14-6-7-16-12-17(18-3)9-8-15(16)11-14/h6-9,11-12H,2,4-5,10H2,1,3H3. The third-order valence-electron chi connectivity index (χ3n) is 3.14. The fourth-order valence-electron chi connectivity index (χ4n) is 1.95. The highest BCUT2D eigenvalue weighted by atomic mass is 16.5. The quantitative estimate of drug-likeness (QED) is 0.554. The van der Waals surface area contributed by atoms with E-state index >= 15 is 0 Å². The molecule has 0 N–H and O–H groups in total. The van der Waals surface area contributed by atoms with Crippen molar-refractivity contribution in [1.29, 1.82) is 0 Å². The molecule has 0 fully saturated rings. The number of benzene rings is 2. The molecule has 0 spiro atoms. The summed E-state index contributed by atoms with van der Waals surface area (Å²) in [6.07, 6.45) is 2.19. The van der Waals surface area contributed by atoms with Crippen LogP contribution in [0.2, 0.25) is 0 Å². The smallest absolute Gasteiger partial charge is 0.119 e. The molecule has 0 heterocycles. The van der Waals surface area contributed by atoms with Crippen molar-refractivity contribution in [2.75, 3.05) is 13.7 Å². The summed E-state index contributed by atoms with van der Waals surface area (Å²) in [5.41, 5.74) is 1.04. The summed E-state index contributed by atoms with van der Waals surface area (Å²) in [6, 6.07) is 12.3. The lowest BCUT2D eigenvalue weighted by Crippen LogP contribution is -1.93. The maximum atomic E-state index is 5.64. The van der Waals surface area contributed by atoms with Gasteiger partial charge in [0.15, 0.2) is 0 Å². The molecule has 0 radical (unpaired) electrons. The first-order valence-corrected chi connectivity index (χ1v) is 6.64. The zero-order valence-corrected chi connectivity index (χ0v) is 11.6. The van der Waals surface area contributed by atoms with Gasteiger partial charge in [0.25, 0.3) is 0 Å². The summed E-state index contributed by atoms with van der Waals surface area (Å²) in [7, 11) is 1.68. The molecule has 0 aliphatic carbocycles. The van der Waals surface area contributed by atoms with Crippen LogP contribution in [0, 0.1) is 0 Å². The van der Waals surface area contributed by atoms with Crippen LogP contribution in [0.1, 0.15) is 25.3 Å². The molecule has 0 aliphatic heterocycles. The number of unbranched alkanes of at least 4 members (excludes halogenated alkanes) is 1. The molecule has 2 nitrogen and oxygen atoms in total. The highest BCUT2D eigenvalue weighted by Crippen LogP contribution is 2.24. The van der Waals surface area contributed by atoms with Crippen molar-refractivity contribution in [2.45, 2.75) is 19.8 Å². The Morgan fingerprint density at radius 1 is 1.11 bits per heavy atom. The SMILES string of the molecule is C=C(OCCCC)c1ccc2cc(OC)ccc2c1. The Kier molecular flexibility index (Phi) is 4.45. The molecule has 0 bridgehead atoms. The number of methoxy groups -OCH3 is 1. The Bertz CT molecular complexity index is 572. The summed E-state index contributed by atoms with van der Waals surface area (Å²) in [5.74, 6) is 1.62. The monoisotopic (exact) mass is 256 g/mol. The van der Waals surface area contributed by atoms with Gasteiger partial charge < -0.3 is 9.47 Å². The summed E-state index contributed by atoms with van der Waals surface area (Å²) in [4.78, 5) is 0. The van der Waals surface area contributed by atoms with E-state index in [1.807, 2.05) is 18.2 Å². The van der Waals surface area contributed by atoms with Crippen molar-refractivity contribution < 1.29 is 9.47 Å². The van der Waals surface area contributed by atoms with Crippen molar-refractivity contribution in [2.24, 2.45) is 0 Å². The van der Waals surface area contributed by atoms with E-state index < -0.39 is 0 Å². The minimum Gasteiger partial charge on any atom is -0.497 e. The number of hydrogen-bond donors (Lipinski definition) is 0. The van der Waals surface area contributed by atoms with Gasteiger partial charge in [-0.1, -0.05) is 38.1 Å². The van der Waals surface area contributed by atoms with Crippen LogP contribution < -0.4 is 4.74 Å². The van der Waals surface area contributed by atoms with Crippen molar-refractivity contribution >= 4 is 16.5 Å². The van der Waals surface area contributed by atoms with Crippen LogP contribution in [0.4, 0.5) is 0 Å². The molecule has 100 valence electrons. The van der Waals surface area contributed by atoms with Crippen LogP contribution >= 0.6 is 0 Å². The van der Waals surface area contributed by atoms with E-state index in [1.54, 1.807) is 7.11 Å². The third kappa shape index (κ3) is 3.28. The average molecular weight is 256 g/mol. The second-order valence-corrected chi connectivity index (χ2v) is 4.55. The minimum atomic E-state index is 0.732. The van der Waals surface area contributed by atoms with E-state index in [2.05, 4.69) is 31.7 Å². The lowest BCUT2D eigenvalue weighted by molar-refractivity contribution is 0.271. The van der Waals surface area contributed by atoms with Gasteiger partial charge in [0.1, 0.15) is 11.5 Å². The molecule has 2 rings (SSSR count). The predicted octanol–water partition coefficient (Wildman–Crippen LogP) is 4.64. The number of rotatable bonds is 6. The second kappa shape index (κ2) is 6.28. The third-order valence-corrected chi connectivity index (χ3v) is 3.14. The summed E-state index contributed by atoms with van der Waals surface area (Å²) in [6.45, 7) is 6.87. The molecule has 0 aliphatic rings. The van der Waals surface area contributed by atoms with Gasteiger partial charge in [-0.2, -0.15) is 0 Å². The van der Waals surface area contributed by atoms with Gasteiger partial charge in [0, 0.05) is 5.56 Å². The van der Waals surface area contributed by atoms with Gasteiger partial charge in [0.2, 0.25) is 0 Å². The van der Waals surface area contributed by atoms with Crippen molar-refractivity contribution in [3.63, 3.8) is 0 Å². The highest BCUT2D eigenvalue weighted by Gasteiger charge is 2.03. The van der Waals surface area contributed by atoms with Crippen molar-refractivity contribution in [3.8, 4) is 5.75 Å². The van der Waals surface area contributed by atoms with E-state index in [-0.39, 0.29) is 0 Å². The maximum absolute atomic E-state index is 5.64. The van der Waals surface area contributed by atoms with E-state index in [0.717, 1.165) is 41.9 Å².